The number of rotatable bonds is 4. The van der Waals surface area contributed by atoms with Gasteiger partial charge in [0.1, 0.15) is 5.82 Å². The lowest BCUT2D eigenvalue weighted by atomic mass is 10.1. The topological polar surface area (TPSA) is 122 Å². The summed E-state index contributed by atoms with van der Waals surface area (Å²) < 4.78 is 0. The lowest BCUT2D eigenvalue weighted by Gasteiger charge is -2.07. The van der Waals surface area contributed by atoms with Gasteiger partial charge in [-0.1, -0.05) is 6.07 Å². The number of pyridine rings is 2. The fourth-order valence-corrected chi connectivity index (χ4v) is 2.08. The van der Waals surface area contributed by atoms with Gasteiger partial charge >= 0.3 is 6.03 Å². The van der Waals surface area contributed by atoms with Gasteiger partial charge in [-0.15, -0.1) is 0 Å². The van der Waals surface area contributed by atoms with E-state index in [0.717, 1.165) is 11.1 Å². The van der Waals surface area contributed by atoms with Crippen LogP contribution in [-0.4, -0.2) is 26.2 Å². The number of anilines is 2. The molecule has 0 unspecified atom stereocenters. The average molecular weight is 309 g/mol. The number of hydrogen-bond donors (Lipinski definition) is 4. The van der Waals surface area contributed by atoms with Crippen LogP contribution in [0.2, 0.25) is 0 Å². The lowest BCUT2D eigenvalue weighted by Crippen LogP contribution is -2.28. The van der Waals surface area contributed by atoms with Crippen LogP contribution in [0.3, 0.4) is 0 Å². The molecule has 0 fully saturated rings. The first-order valence-corrected chi connectivity index (χ1v) is 6.92. The van der Waals surface area contributed by atoms with E-state index in [1.807, 2.05) is 18.2 Å². The van der Waals surface area contributed by atoms with Crippen LogP contribution in [0.15, 0.2) is 49.1 Å². The molecule has 0 bridgehead atoms. The van der Waals surface area contributed by atoms with E-state index in [0.29, 0.717) is 23.7 Å². The second kappa shape index (κ2) is 6.56. The molecule has 0 aliphatic carbocycles. The maximum absolute atomic E-state index is 12.0. The highest BCUT2D eigenvalue weighted by Crippen LogP contribution is 2.30. The third-order valence-electron chi connectivity index (χ3n) is 3.18. The van der Waals surface area contributed by atoms with Crippen LogP contribution in [0.25, 0.3) is 11.1 Å². The van der Waals surface area contributed by atoms with Crippen LogP contribution in [0, 0.1) is 0 Å². The molecule has 23 heavy (non-hydrogen) atoms. The maximum Gasteiger partial charge on any atom is 0.320 e. The standard InChI is InChI=1S/C15H15N7O/c16-13-12(11-2-1-5-18-9-11)14(22-21-13)20-15(23)19-8-10-3-6-17-7-4-10/h1-7,9H,8H2,(H5,16,19,20,21,22,23). The van der Waals surface area contributed by atoms with E-state index in [1.54, 1.807) is 30.9 Å². The van der Waals surface area contributed by atoms with Gasteiger partial charge in [0.15, 0.2) is 5.82 Å². The van der Waals surface area contributed by atoms with Gasteiger partial charge in [-0.3, -0.25) is 20.4 Å². The number of nitrogens with two attached hydrogens (primary N) is 1. The molecule has 5 N–H and O–H groups in total. The van der Waals surface area contributed by atoms with Crippen molar-refractivity contribution >= 4 is 17.7 Å². The Morgan fingerprint density at radius 2 is 2.00 bits per heavy atom. The number of amides is 2. The summed E-state index contributed by atoms with van der Waals surface area (Å²) in [6, 6.07) is 6.91. The molecule has 0 atom stereocenters. The zero-order valence-corrected chi connectivity index (χ0v) is 12.2. The number of H-pyrrole nitrogens is 1. The minimum Gasteiger partial charge on any atom is -0.383 e. The number of aromatic nitrogens is 4. The normalized spacial score (nSPS) is 10.3. The number of urea groups is 1. The molecule has 0 saturated carbocycles. The number of nitrogens with zero attached hydrogens (tertiary/aromatic N) is 3. The Morgan fingerprint density at radius 1 is 1.17 bits per heavy atom. The molecule has 8 nitrogen and oxygen atoms in total. The third-order valence-corrected chi connectivity index (χ3v) is 3.18. The van der Waals surface area contributed by atoms with Crippen LogP contribution in [0.1, 0.15) is 5.56 Å². The van der Waals surface area contributed by atoms with E-state index in [2.05, 4.69) is 30.8 Å². The van der Waals surface area contributed by atoms with Crippen molar-refractivity contribution in [3.8, 4) is 11.1 Å². The van der Waals surface area contributed by atoms with E-state index in [1.165, 1.54) is 0 Å². The molecule has 0 spiro atoms. The summed E-state index contributed by atoms with van der Waals surface area (Å²) in [7, 11) is 0. The second-order valence-corrected chi connectivity index (χ2v) is 4.77. The second-order valence-electron chi connectivity index (χ2n) is 4.77. The molecule has 3 rings (SSSR count). The predicted molar refractivity (Wildman–Crippen MR) is 86.3 cm³/mol. The molecular weight excluding hydrogens is 294 g/mol. The zero-order valence-electron chi connectivity index (χ0n) is 12.2. The van der Waals surface area contributed by atoms with Crippen molar-refractivity contribution < 1.29 is 4.79 Å². The quantitative estimate of drug-likeness (QED) is 0.585. The van der Waals surface area contributed by atoms with Crippen molar-refractivity contribution in [3.63, 3.8) is 0 Å². The van der Waals surface area contributed by atoms with Crippen LogP contribution < -0.4 is 16.4 Å². The first-order valence-electron chi connectivity index (χ1n) is 6.92. The summed E-state index contributed by atoms with van der Waals surface area (Å²) in [5.41, 5.74) is 8.21. The van der Waals surface area contributed by atoms with Crippen LogP contribution in [-0.2, 0) is 6.54 Å². The Labute approximate surface area is 132 Å². The fraction of sp³-hybridized carbons (Fsp3) is 0.0667. The molecule has 8 heteroatoms. The maximum atomic E-state index is 12.0. The highest BCUT2D eigenvalue weighted by Gasteiger charge is 2.15. The Kier molecular flexibility index (Phi) is 4.14. The van der Waals surface area contributed by atoms with Gasteiger partial charge < -0.3 is 11.1 Å². The minimum absolute atomic E-state index is 0.350. The highest BCUT2D eigenvalue weighted by molar-refractivity contribution is 5.95. The van der Waals surface area contributed by atoms with Gasteiger partial charge in [-0.05, 0) is 23.8 Å². The first kappa shape index (κ1) is 14.5. The molecule has 2 amide bonds. The zero-order chi connectivity index (χ0) is 16.1. The number of nitrogen functional groups attached to an aromatic ring is 1. The van der Waals surface area contributed by atoms with Crippen molar-refractivity contribution in [2.75, 3.05) is 11.1 Å². The van der Waals surface area contributed by atoms with E-state index in [-0.39, 0.29) is 6.03 Å². The van der Waals surface area contributed by atoms with E-state index in [9.17, 15) is 4.79 Å². The number of carbonyl (C=O) groups excluding carboxylic acids is 1. The molecule has 3 heterocycles. The van der Waals surface area contributed by atoms with E-state index < -0.39 is 0 Å². The van der Waals surface area contributed by atoms with Gasteiger partial charge in [0, 0.05) is 36.9 Å². The summed E-state index contributed by atoms with van der Waals surface area (Å²) in [5.74, 6) is 0.713. The molecule has 3 aromatic heterocycles. The smallest absolute Gasteiger partial charge is 0.320 e. The third kappa shape index (κ3) is 3.43. The molecule has 0 aliphatic heterocycles. The predicted octanol–water partition coefficient (Wildman–Crippen LogP) is 1.77. The van der Waals surface area contributed by atoms with Crippen molar-refractivity contribution in [1.29, 1.82) is 0 Å². The molecule has 0 aliphatic rings. The number of hydrogen-bond acceptors (Lipinski definition) is 5. The van der Waals surface area contributed by atoms with Gasteiger partial charge in [-0.25, -0.2) is 4.79 Å². The monoisotopic (exact) mass is 309 g/mol. The average Bonchev–Trinajstić information content (AvgIpc) is 2.95. The Hall–Kier alpha value is -3.42. The van der Waals surface area contributed by atoms with Gasteiger partial charge in [-0.2, -0.15) is 5.10 Å². The van der Waals surface area contributed by atoms with Gasteiger partial charge in [0.05, 0.1) is 5.56 Å². The fourth-order valence-electron chi connectivity index (χ4n) is 2.08. The molecular formula is C15H15N7O. The Bertz CT molecular complexity index is 786. The summed E-state index contributed by atoms with van der Waals surface area (Å²) in [6.45, 7) is 0.385. The van der Waals surface area contributed by atoms with E-state index in [4.69, 9.17) is 5.73 Å². The summed E-state index contributed by atoms with van der Waals surface area (Å²) in [4.78, 5) is 20.0. The number of aromatic amines is 1. The van der Waals surface area contributed by atoms with Crippen molar-refractivity contribution in [1.82, 2.24) is 25.5 Å². The molecule has 0 radical (unpaired) electrons. The number of carbonyl (C=O) groups is 1. The lowest BCUT2D eigenvalue weighted by molar-refractivity contribution is 0.251. The minimum atomic E-state index is -0.376. The summed E-state index contributed by atoms with van der Waals surface area (Å²) in [6.07, 6.45) is 6.66. The van der Waals surface area contributed by atoms with Crippen LogP contribution in [0.5, 0.6) is 0 Å². The Balaban J connectivity index is 1.70. The number of nitrogens with one attached hydrogen (secondary N) is 3. The highest BCUT2D eigenvalue weighted by atomic mass is 16.2. The SMILES string of the molecule is Nc1[nH]nc(NC(=O)NCc2ccncc2)c1-c1cccnc1. The Morgan fingerprint density at radius 3 is 2.74 bits per heavy atom. The molecule has 0 aromatic carbocycles. The molecule has 3 aromatic rings. The van der Waals surface area contributed by atoms with Crippen molar-refractivity contribution in [2.45, 2.75) is 6.54 Å². The van der Waals surface area contributed by atoms with Gasteiger partial charge in [0.25, 0.3) is 0 Å². The van der Waals surface area contributed by atoms with E-state index >= 15 is 0 Å². The molecule has 0 saturated heterocycles. The summed E-state index contributed by atoms with van der Waals surface area (Å²) >= 11 is 0. The van der Waals surface area contributed by atoms with Crippen LogP contribution in [0.4, 0.5) is 16.4 Å². The van der Waals surface area contributed by atoms with Crippen molar-refractivity contribution in [3.05, 3.63) is 54.6 Å². The van der Waals surface area contributed by atoms with Gasteiger partial charge in [0.2, 0.25) is 0 Å². The molecule has 116 valence electrons. The largest absolute Gasteiger partial charge is 0.383 e. The van der Waals surface area contributed by atoms with Crippen LogP contribution >= 0.6 is 0 Å². The van der Waals surface area contributed by atoms with Crippen molar-refractivity contribution in [2.24, 2.45) is 0 Å². The summed E-state index contributed by atoms with van der Waals surface area (Å²) in [5, 5.41) is 12.1. The first-order chi connectivity index (χ1) is 11.2.